The van der Waals surface area contributed by atoms with Gasteiger partial charge in [0.05, 0.1) is 24.7 Å². The van der Waals surface area contributed by atoms with Gasteiger partial charge >= 0.3 is 0 Å². The van der Waals surface area contributed by atoms with E-state index in [0.29, 0.717) is 11.3 Å². The lowest BCUT2D eigenvalue weighted by Crippen LogP contribution is -2.51. The molecule has 0 aliphatic carbocycles. The number of nitrogens with one attached hydrogen (secondary N) is 1. The monoisotopic (exact) mass is 502 g/mol. The van der Waals surface area contributed by atoms with Crippen molar-refractivity contribution in [1.82, 2.24) is 30.0 Å². The van der Waals surface area contributed by atoms with Crippen molar-refractivity contribution in [3.05, 3.63) is 66.0 Å². The van der Waals surface area contributed by atoms with E-state index in [-0.39, 0.29) is 23.7 Å². The van der Waals surface area contributed by atoms with E-state index in [0.717, 1.165) is 4.31 Å². The molecule has 0 radical (unpaired) electrons. The van der Waals surface area contributed by atoms with Crippen LogP contribution in [0.5, 0.6) is 5.75 Å². The molecule has 3 aromatic rings. The Balaban J connectivity index is 2.07. The Bertz CT molecular complexity index is 1220. The minimum absolute atomic E-state index is 0.0101. The summed E-state index contributed by atoms with van der Waals surface area (Å²) in [4.78, 5) is 20.1. The van der Waals surface area contributed by atoms with Crippen molar-refractivity contribution < 1.29 is 22.8 Å². The summed E-state index contributed by atoms with van der Waals surface area (Å²) in [5.74, 6) is 0.0713. The summed E-state index contributed by atoms with van der Waals surface area (Å²) in [5.41, 5.74) is 2.42. The molecule has 3 rings (SSSR count). The third kappa shape index (κ3) is 7.07. The topological polar surface area (TPSA) is 129 Å². The third-order valence-corrected chi connectivity index (χ3v) is 6.75. The molecule has 1 heterocycles. The normalized spacial score (nSPS) is 13.0. The smallest absolute Gasteiger partial charge is 0.262 e. The van der Waals surface area contributed by atoms with Crippen molar-refractivity contribution in [1.29, 1.82) is 0 Å². The second kappa shape index (κ2) is 10.9. The van der Waals surface area contributed by atoms with Gasteiger partial charge in [-0.25, -0.2) is 13.9 Å². The Hall–Kier alpha value is -3.35. The van der Waals surface area contributed by atoms with Gasteiger partial charge in [0.1, 0.15) is 11.8 Å². The number of hydroxylamine groups is 1. The number of carbonyl (C=O) groups excluding carboxylic acids is 1. The number of amides is 1. The largest absolute Gasteiger partial charge is 0.497 e. The maximum absolute atomic E-state index is 13.9. The fourth-order valence-corrected chi connectivity index (χ4v) is 4.76. The SMILES string of the molecule is COc1ccc(S(=O)(=O)N(Cc2ccccc2)C(Cc2nnn(C)n2)C(=O)NOC(C)(C)C)cc1. The first kappa shape index (κ1) is 26.3. The van der Waals surface area contributed by atoms with Crippen molar-refractivity contribution in [2.45, 2.75) is 50.3 Å². The predicted molar refractivity (Wildman–Crippen MR) is 127 cm³/mol. The molecule has 2 aromatic carbocycles. The second-order valence-corrected chi connectivity index (χ2v) is 10.7. The fraction of sp³-hybridized carbons (Fsp3) is 0.391. The molecule has 188 valence electrons. The molecule has 0 spiro atoms. The number of tetrazole rings is 1. The van der Waals surface area contributed by atoms with Crippen LogP contribution in [0.4, 0.5) is 0 Å². The summed E-state index contributed by atoms with van der Waals surface area (Å²) < 4.78 is 34.0. The zero-order valence-corrected chi connectivity index (χ0v) is 21.2. The Morgan fingerprint density at radius 1 is 1.11 bits per heavy atom. The summed E-state index contributed by atoms with van der Waals surface area (Å²) >= 11 is 0. The van der Waals surface area contributed by atoms with Gasteiger partial charge in [-0.15, -0.1) is 10.2 Å². The highest BCUT2D eigenvalue weighted by Gasteiger charge is 2.38. The van der Waals surface area contributed by atoms with Crippen molar-refractivity contribution in [2.24, 2.45) is 7.05 Å². The summed E-state index contributed by atoms with van der Waals surface area (Å²) in [7, 11) is -1.07. The number of rotatable bonds is 10. The van der Waals surface area contributed by atoms with Gasteiger partial charge in [-0.1, -0.05) is 30.3 Å². The van der Waals surface area contributed by atoms with E-state index in [1.165, 1.54) is 24.0 Å². The molecule has 0 fully saturated rings. The second-order valence-electron chi connectivity index (χ2n) is 8.81. The predicted octanol–water partition coefficient (Wildman–Crippen LogP) is 1.87. The molecule has 1 unspecified atom stereocenters. The van der Waals surface area contributed by atoms with Crippen LogP contribution < -0.4 is 10.2 Å². The first-order chi connectivity index (χ1) is 16.5. The van der Waals surface area contributed by atoms with Crippen LogP contribution in [-0.2, 0) is 39.7 Å². The van der Waals surface area contributed by atoms with Crippen LogP contribution in [0.2, 0.25) is 0 Å². The minimum atomic E-state index is -4.16. The molecule has 0 aliphatic rings. The lowest BCUT2D eigenvalue weighted by atomic mass is 10.1. The molecule has 1 aromatic heterocycles. The van der Waals surface area contributed by atoms with E-state index >= 15 is 0 Å². The van der Waals surface area contributed by atoms with Gasteiger partial charge in [0, 0.05) is 13.0 Å². The third-order valence-electron chi connectivity index (χ3n) is 4.88. The molecular formula is C23H30N6O5S. The number of benzene rings is 2. The van der Waals surface area contributed by atoms with Gasteiger partial charge < -0.3 is 4.74 Å². The van der Waals surface area contributed by atoms with Crippen LogP contribution in [0.1, 0.15) is 32.2 Å². The number of methoxy groups -OCH3 is 1. The Labute approximate surface area is 205 Å². The van der Waals surface area contributed by atoms with E-state index < -0.39 is 27.6 Å². The number of aryl methyl sites for hydroxylation is 1. The highest BCUT2D eigenvalue weighted by Crippen LogP contribution is 2.25. The lowest BCUT2D eigenvalue weighted by molar-refractivity contribution is -0.149. The maximum Gasteiger partial charge on any atom is 0.262 e. The molecule has 0 aliphatic heterocycles. The molecule has 1 N–H and O–H groups in total. The van der Waals surface area contributed by atoms with Gasteiger partial charge in [0.2, 0.25) is 10.0 Å². The average Bonchev–Trinajstić information content (AvgIpc) is 3.24. The van der Waals surface area contributed by atoms with E-state index in [9.17, 15) is 13.2 Å². The van der Waals surface area contributed by atoms with Gasteiger partial charge in [-0.3, -0.25) is 9.63 Å². The molecule has 35 heavy (non-hydrogen) atoms. The number of hydrogen-bond acceptors (Lipinski definition) is 8. The van der Waals surface area contributed by atoms with Crippen molar-refractivity contribution >= 4 is 15.9 Å². The van der Waals surface area contributed by atoms with Crippen LogP contribution in [0, 0.1) is 0 Å². The number of sulfonamides is 1. The van der Waals surface area contributed by atoms with Gasteiger partial charge in [0.15, 0.2) is 5.82 Å². The van der Waals surface area contributed by atoms with Gasteiger partial charge in [-0.05, 0) is 55.8 Å². The van der Waals surface area contributed by atoms with Crippen molar-refractivity contribution in [3.8, 4) is 5.75 Å². The Kier molecular flexibility index (Phi) is 8.20. The van der Waals surface area contributed by atoms with Gasteiger partial charge in [-0.2, -0.15) is 9.10 Å². The molecule has 11 nitrogen and oxygen atoms in total. The van der Waals surface area contributed by atoms with Crippen molar-refractivity contribution in [3.63, 3.8) is 0 Å². The van der Waals surface area contributed by atoms with Crippen LogP contribution in [-0.4, -0.2) is 57.6 Å². The summed E-state index contributed by atoms with van der Waals surface area (Å²) in [6.45, 7) is 5.23. The molecule has 1 amide bonds. The molecule has 0 bridgehead atoms. The maximum atomic E-state index is 13.9. The van der Waals surface area contributed by atoms with E-state index in [4.69, 9.17) is 9.57 Å². The van der Waals surface area contributed by atoms with E-state index in [1.807, 2.05) is 6.07 Å². The van der Waals surface area contributed by atoms with Crippen LogP contribution in [0.15, 0.2) is 59.5 Å². The molecule has 0 saturated heterocycles. The molecule has 1 atom stereocenters. The van der Waals surface area contributed by atoms with E-state index in [2.05, 4.69) is 20.9 Å². The summed E-state index contributed by atoms with van der Waals surface area (Å²) in [5, 5.41) is 11.9. The summed E-state index contributed by atoms with van der Waals surface area (Å²) in [6.07, 6.45) is -0.116. The van der Waals surface area contributed by atoms with Crippen LogP contribution >= 0.6 is 0 Å². The highest BCUT2D eigenvalue weighted by atomic mass is 32.2. The fourth-order valence-electron chi connectivity index (χ4n) is 3.18. The number of nitrogens with zero attached hydrogens (tertiary/aromatic N) is 5. The number of ether oxygens (including phenoxy) is 1. The molecule has 0 saturated carbocycles. The average molecular weight is 503 g/mol. The minimum Gasteiger partial charge on any atom is -0.497 e. The zero-order valence-electron chi connectivity index (χ0n) is 20.4. The van der Waals surface area contributed by atoms with Crippen LogP contribution in [0.3, 0.4) is 0 Å². The highest BCUT2D eigenvalue weighted by molar-refractivity contribution is 7.89. The molecule has 12 heteroatoms. The number of hydrogen-bond donors (Lipinski definition) is 1. The Morgan fingerprint density at radius 2 is 1.77 bits per heavy atom. The van der Waals surface area contributed by atoms with E-state index in [1.54, 1.807) is 64.2 Å². The first-order valence-corrected chi connectivity index (χ1v) is 12.3. The summed E-state index contributed by atoms with van der Waals surface area (Å²) in [6, 6.07) is 13.8. The Morgan fingerprint density at radius 3 is 2.31 bits per heavy atom. The molecular weight excluding hydrogens is 472 g/mol. The first-order valence-electron chi connectivity index (χ1n) is 10.9. The number of carbonyl (C=O) groups is 1. The van der Waals surface area contributed by atoms with Gasteiger partial charge in [0.25, 0.3) is 5.91 Å². The lowest BCUT2D eigenvalue weighted by Gasteiger charge is -2.30. The quantitative estimate of drug-likeness (QED) is 0.416. The zero-order chi connectivity index (χ0) is 25.6. The van der Waals surface area contributed by atoms with Crippen LogP contribution in [0.25, 0.3) is 0 Å². The van der Waals surface area contributed by atoms with Crippen molar-refractivity contribution in [2.75, 3.05) is 7.11 Å². The number of aromatic nitrogens is 4. The standard InChI is InChI=1S/C23H30N6O5S/c1-23(2,3)34-26-22(30)20(15-21-24-27-28(4)25-21)29(16-17-9-7-6-8-10-17)35(31,32)19-13-11-18(33-5)12-14-19/h6-14,20H,15-16H2,1-5H3,(H,26,30).